The molecule has 0 bridgehead atoms. The lowest BCUT2D eigenvalue weighted by atomic mass is 10.3. The smallest absolute Gasteiger partial charge is 0.316 e. The normalized spacial score (nSPS) is 9.88. The number of rotatable bonds is 3. The second-order valence-electron chi connectivity index (χ2n) is 3.28. The van der Waals surface area contributed by atoms with E-state index in [0.717, 1.165) is 9.92 Å². The number of nitrogens with zero attached hydrogens (tertiary/aromatic N) is 1. The summed E-state index contributed by atoms with van der Waals surface area (Å²) in [7, 11) is 0. The van der Waals surface area contributed by atoms with Gasteiger partial charge in [-0.1, -0.05) is 17.8 Å². The predicted molar refractivity (Wildman–Crippen MR) is 68.0 cm³/mol. The summed E-state index contributed by atoms with van der Waals surface area (Å²) >= 11 is 1.56. The van der Waals surface area contributed by atoms with Crippen LogP contribution in [-0.2, 0) is 0 Å². The Bertz CT molecular complexity index is 499. The molecule has 5 heteroatoms. The molecule has 2 aromatic rings. The summed E-state index contributed by atoms with van der Waals surface area (Å²) in [4.78, 5) is 15.9. The standard InChI is InChI=1S/C12H11N3OS/c13-12(16)15-9-4-6-10(7-5-9)17-11-3-1-2-8-14-11/h1-8H,(H3,13,15,16). The Kier molecular flexibility index (Phi) is 3.62. The van der Waals surface area contributed by atoms with Gasteiger partial charge in [-0.25, -0.2) is 9.78 Å². The minimum atomic E-state index is -0.560. The van der Waals surface area contributed by atoms with E-state index < -0.39 is 6.03 Å². The van der Waals surface area contributed by atoms with Crippen molar-refractivity contribution in [3.05, 3.63) is 48.7 Å². The molecule has 0 atom stereocenters. The Morgan fingerprint density at radius 2 is 1.94 bits per heavy atom. The van der Waals surface area contributed by atoms with Crippen LogP contribution in [0.5, 0.6) is 0 Å². The number of nitrogens with two attached hydrogens (primary N) is 1. The number of urea groups is 1. The van der Waals surface area contributed by atoms with E-state index in [1.807, 2.05) is 30.3 Å². The average Bonchev–Trinajstić information content (AvgIpc) is 2.32. The monoisotopic (exact) mass is 245 g/mol. The van der Waals surface area contributed by atoms with Crippen LogP contribution in [0.1, 0.15) is 0 Å². The number of amides is 2. The first-order valence-electron chi connectivity index (χ1n) is 4.99. The molecule has 0 aliphatic carbocycles. The lowest BCUT2D eigenvalue weighted by Crippen LogP contribution is -2.19. The Labute approximate surface area is 103 Å². The third-order valence-electron chi connectivity index (χ3n) is 1.98. The van der Waals surface area contributed by atoms with Gasteiger partial charge in [-0.15, -0.1) is 0 Å². The van der Waals surface area contributed by atoms with Gasteiger partial charge in [0.25, 0.3) is 0 Å². The van der Waals surface area contributed by atoms with Gasteiger partial charge in [0.05, 0.1) is 0 Å². The van der Waals surface area contributed by atoms with Crippen molar-refractivity contribution in [1.29, 1.82) is 0 Å². The highest BCUT2D eigenvalue weighted by Gasteiger charge is 1.99. The van der Waals surface area contributed by atoms with Crippen molar-refractivity contribution in [2.75, 3.05) is 5.32 Å². The van der Waals surface area contributed by atoms with Gasteiger partial charge in [-0.2, -0.15) is 0 Å². The van der Waals surface area contributed by atoms with E-state index in [9.17, 15) is 4.79 Å². The first-order chi connectivity index (χ1) is 8.24. The van der Waals surface area contributed by atoms with Crippen LogP contribution < -0.4 is 11.1 Å². The summed E-state index contributed by atoms with van der Waals surface area (Å²) in [6.45, 7) is 0. The summed E-state index contributed by atoms with van der Waals surface area (Å²) in [5, 5.41) is 3.44. The number of carbonyl (C=O) groups excluding carboxylic acids is 1. The Hall–Kier alpha value is -2.01. The molecule has 0 radical (unpaired) electrons. The molecule has 1 heterocycles. The molecular weight excluding hydrogens is 234 g/mol. The van der Waals surface area contributed by atoms with Gasteiger partial charge < -0.3 is 11.1 Å². The maximum absolute atomic E-state index is 10.6. The fourth-order valence-corrected chi connectivity index (χ4v) is 2.05. The van der Waals surface area contributed by atoms with Crippen LogP contribution in [0.15, 0.2) is 58.6 Å². The van der Waals surface area contributed by atoms with Crippen molar-refractivity contribution in [2.24, 2.45) is 5.73 Å². The third kappa shape index (κ3) is 3.49. The number of primary amides is 1. The SMILES string of the molecule is NC(=O)Nc1ccc(Sc2ccccn2)cc1. The van der Waals surface area contributed by atoms with Gasteiger partial charge in [0.2, 0.25) is 0 Å². The van der Waals surface area contributed by atoms with Gasteiger partial charge in [0, 0.05) is 16.8 Å². The number of carbonyl (C=O) groups is 1. The number of pyridine rings is 1. The molecule has 0 saturated carbocycles. The second-order valence-corrected chi connectivity index (χ2v) is 4.38. The second kappa shape index (κ2) is 5.36. The van der Waals surface area contributed by atoms with Gasteiger partial charge >= 0.3 is 6.03 Å². The summed E-state index contributed by atoms with van der Waals surface area (Å²) in [6.07, 6.45) is 1.76. The number of aromatic nitrogens is 1. The molecule has 1 aromatic heterocycles. The Morgan fingerprint density at radius 3 is 2.53 bits per heavy atom. The molecule has 0 aliphatic heterocycles. The highest BCUT2D eigenvalue weighted by Crippen LogP contribution is 2.26. The van der Waals surface area contributed by atoms with Crippen LogP contribution in [0.4, 0.5) is 10.5 Å². The van der Waals surface area contributed by atoms with E-state index in [4.69, 9.17) is 5.73 Å². The first kappa shape index (κ1) is 11.5. The van der Waals surface area contributed by atoms with E-state index in [2.05, 4.69) is 10.3 Å². The molecule has 3 N–H and O–H groups in total. The fourth-order valence-electron chi connectivity index (χ4n) is 1.28. The fraction of sp³-hybridized carbons (Fsp3) is 0. The zero-order valence-electron chi connectivity index (χ0n) is 8.96. The maximum Gasteiger partial charge on any atom is 0.316 e. The molecule has 1 aromatic carbocycles. The van der Waals surface area contributed by atoms with Crippen molar-refractivity contribution in [3.63, 3.8) is 0 Å². The summed E-state index contributed by atoms with van der Waals surface area (Å²) in [5.41, 5.74) is 5.70. The van der Waals surface area contributed by atoms with Crippen LogP contribution in [-0.4, -0.2) is 11.0 Å². The number of nitrogens with one attached hydrogen (secondary N) is 1. The molecule has 86 valence electrons. The van der Waals surface area contributed by atoms with E-state index in [-0.39, 0.29) is 0 Å². The molecule has 0 unspecified atom stereocenters. The largest absolute Gasteiger partial charge is 0.351 e. The lowest BCUT2D eigenvalue weighted by Gasteiger charge is -2.03. The van der Waals surface area contributed by atoms with Gasteiger partial charge in [-0.05, 0) is 36.4 Å². The minimum absolute atomic E-state index is 0.560. The molecule has 17 heavy (non-hydrogen) atoms. The number of hydrogen-bond acceptors (Lipinski definition) is 3. The third-order valence-corrected chi connectivity index (χ3v) is 2.94. The van der Waals surface area contributed by atoms with E-state index in [1.54, 1.807) is 30.1 Å². The van der Waals surface area contributed by atoms with Crippen molar-refractivity contribution in [2.45, 2.75) is 9.92 Å². The van der Waals surface area contributed by atoms with Crippen molar-refractivity contribution >= 4 is 23.5 Å². The molecule has 2 amide bonds. The van der Waals surface area contributed by atoms with Gasteiger partial charge in [-0.3, -0.25) is 0 Å². The average molecular weight is 245 g/mol. The first-order valence-corrected chi connectivity index (χ1v) is 5.81. The number of hydrogen-bond donors (Lipinski definition) is 2. The maximum atomic E-state index is 10.6. The quantitative estimate of drug-likeness (QED) is 0.873. The van der Waals surface area contributed by atoms with Crippen LogP contribution in [0, 0.1) is 0 Å². The Morgan fingerprint density at radius 1 is 1.18 bits per heavy atom. The van der Waals surface area contributed by atoms with Crippen LogP contribution in [0.3, 0.4) is 0 Å². The van der Waals surface area contributed by atoms with Crippen molar-refractivity contribution in [3.8, 4) is 0 Å². The topological polar surface area (TPSA) is 68.0 Å². The highest BCUT2D eigenvalue weighted by atomic mass is 32.2. The van der Waals surface area contributed by atoms with E-state index in [0.29, 0.717) is 5.69 Å². The van der Waals surface area contributed by atoms with Gasteiger partial charge in [0.15, 0.2) is 0 Å². The minimum Gasteiger partial charge on any atom is -0.351 e. The molecule has 4 nitrogen and oxygen atoms in total. The lowest BCUT2D eigenvalue weighted by molar-refractivity contribution is 0.259. The zero-order valence-corrected chi connectivity index (χ0v) is 9.78. The molecule has 0 fully saturated rings. The highest BCUT2D eigenvalue weighted by molar-refractivity contribution is 7.99. The molecular formula is C12H11N3OS. The van der Waals surface area contributed by atoms with Crippen molar-refractivity contribution in [1.82, 2.24) is 4.98 Å². The van der Waals surface area contributed by atoms with Crippen LogP contribution in [0.25, 0.3) is 0 Å². The number of benzene rings is 1. The summed E-state index contributed by atoms with van der Waals surface area (Å²) in [6, 6.07) is 12.6. The van der Waals surface area contributed by atoms with Crippen LogP contribution in [0.2, 0.25) is 0 Å². The van der Waals surface area contributed by atoms with Crippen molar-refractivity contribution < 1.29 is 4.79 Å². The van der Waals surface area contributed by atoms with E-state index >= 15 is 0 Å². The summed E-state index contributed by atoms with van der Waals surface area (Å²) < 4.78 is 0. The molecule has 0 aliphatic rings. The predicted octanol–water partition coefficient (Wildman–Crippen LogP) is 2.72. The Balaban J connectivity index is 2.06. The number of anilines is 1. The summed E-state index contributed by atoms with van der Waals surface area (Å²) in [5.74, 6) is 0. The van der Waals surface area contributed by atoms with Gasteiger partial charge in [0.1, 0.15) is 5.03 Å². The van der Waals surface area contributed by atoms with E-state index in [1.165, 1.54) is 0 Å². The molecule has 2 rings (SSSR count). The molecule has 0 saturated heterocycles. The van der Waals surface area contributed by atoms with Crippen LogP contribution >= 0.6 is 11.8 Å². The zero-order chi connectivity index (χ0) is 12.1. The molecule has 0 spiro atoms.